The van der Waals surface area contributed by atoms with Crippen molar-refractivity contribution in [3.05, 3.63) is 126 Å². The maximum atomic E-state index is 4.97. The van der Waals surface area contributed by atoms with Gasteiger partial charge in [0.1, 0.15) is 0 Å². The van der Waals surface area contributed by atoms with E-state index in [0.29, 0.717) is 23.4 Å². The molecule has 2 aromatic heterocycles. The Morgan fingerprint density at radius 1 is 0.537 bits per heavy atom. The Labute approximate surface area is 239 Å². The summed E-state index contributed by atoms with van der Waals surface area (Å²) in [6.45, 7) is 2.29. The highest BCUT2D eigenvalue weighted by Gasteiger charge is 2.28. The number of fused-ring (bicyclic) bond motifs is 6. The lowest BCUT2D eigenvalue weighted by Gasteiger charge is -2.11. The van der Waals surface area contributed by atoms with E-state index in [-0.39, 0.29) is 0 Å². The molecule has 0 amide bonds. The molecule has 0 bridgehead atoms. The van der Waals surface area contributed by atoms with Gasteiger partial charge in [0.05, 0.1) is 0 Å². The lowest BCUT2D eigenvalue weighted by Crippen LogP contribution is -2.00. The Balaban J connectivity index is 1.34. The molecule has 0 spiro atoms. The first-order valence-corrected chi connectivity index (χ1v) is 14.2. The molecule has 1 unspecified atom stereocenters. The monoisotopic (exact) mass is 528 g/mol. The van der Waals surface area contributed by atoms with Crippen LogP contribution in [-0.2, 0) is 7.05 Å². The third kappa shape index (κ3) is 3.71. The van der Waals surface area contributed by atoms with Crippen LogP contribution in [0.4, 0.5) is 0 Å². The van der Waals surface area contributed by atoms with Crippen LogP contribution in [0.3, 0.4) is 0 Å². The van der Waals surface area contributed by atoms with Gasteiger partial charge in [-0.15, -0.1) is 0 Å². The van der Waals surface area contributed by atoms with Crippen LogP contribution >= 0.6 is 0 Å². The molecule has 0 saturated heterocycles. The van der Waals surface area contributed by atoms with Gasteiger partial charge < -0.3 is 4.57 Å². The molecule has 4 nitrogen and oxygen atoms in total. The van der Waals surface area contributed by atoms with Gasteiger partial charge in [-0.05, 0) is 59.0 Å². The van der Waals surface area contributed by atoms with Gasteiger partial charge in [-0.3, -0.25) is 0 Å². The average Bonchev–Trinajstić information content (AvgIpc) is 3.51. The van der Waals surface area contributed by atoms with E-state index in [1.807, 2.05) is 60.7 Å². The quantitative estimate of drug-likeness (QED) is 0.229. The van der Waals surface area contributed by atoms with Gasteiger partial charge in [-0.1, -0.05) is 91.9 Å². The Morgan fingerprint density at radius 3 is 1.78 bits per heavy atom. The van der Waals surface area contributed by atoms with Gasteiger partial charge in [0.2, 0.25) is 0 Å². The molecule has 1 atom stereocenters. The summed E-state index contributed by atoms with van der Waals surface area (Å²) in [6.07, 6.45) is 1.09. The zero-order valence-electron chi connectivity index (χ0n) is 23.0. The Morgan fingerprint density at radius 2 is 1.12 bits per heavy atom. The Kier molecular flexibility index (Phi) is 5.36. The second kappa shape index (κ2) is 9.24. The second-order valence-electron chi connectivity index (χ2n) is 10.8. The fourth-order valence-electron chi connectivity index (χ4n) is 6.52. The third-order valence-corrected chi connectivity index (χ3v) is 8.54. The largest absolute Gasteiger partial charge is 0.344 e. The van der Waals surface area contributed by atoms with Gasteiger partial charge in [-0.2, -0.15) is 0 Å². The van der Waals surface area contributed by atoms with Crippen molar-refractivity contribution in [3.8, 4) is 45.3 Å². The molecule has 7 aromatic rings. The molecule has 0 N–H and O–H groups in total. The highest BCUT2D eigenvalue weighted by molar-refractivity contribution is 6.11. The topological polar surface area (TPSA) is 43.6 Å². The molecule has 0 fully saturated rings. The number of nitrogens with zero attached hydrogens (tertiary/aromatic N) is 4. The smallest absolute Gasteiger partial charge is 0.164 e. The zero-order valence-corrected chi connectivity index (χ0v) is 23.0. The average molecular weight is 529 g/mol. The lowest BCUT2D eigenvalue weighted by molar-refractivity contribution is 0.797. The summed E-state index contributed by atoms with van der Waals surface area (Å²) >= 11 is 0. The minimum absolute atomic E-state index is 0.442. The van der Waals surface area contributed by atoms with Crippen molar-refractivity contribution >= 4 is 21.8 Å². The first kappa shape index (κ1) is 23.8. The van der Waals surface area contributed by atoms with Gasteiger partial charge in [0.25, 0.3) is 0 Å². The van der Waals surface area contributed by atoms with Gasteiger partial charge in [0.15, 0.2) is 17.5 Å². The SMILES string of the molecule is CCC1c2ccccc2-c2cc3c4cc(-c5nc(-c6ccccc6)nc(-c6ccccc6)n5)ccc4n(C)c3cc21. The van der Waals surface area contributed by atoms with E-state index in [1.165, 1.54) is 44.1 Å². The van der Waals surface area contributed by atoms with E-state index in [9.17, 15) is 0 Å². The summed E-state index contributed by atoms with van der Waals surface area (Å²) in [5, 5.41) is 2.47. The van der Waals surface area contributed by atoms with Crippen molar-refractivity contribution in [2.24, 2.45) is 7.05 Å². The van der Waals surface area contributed by atoms with E-state index in [0.717, 1.165) is 23.1 Å². The molecule has 0 saturated carbocycles. The molecule has 8 rings (SSSR count). The predicted octanol–water partition coefficient (Wildman–Crippen LogP) is 9.04. The molecule has 1 aliphatic rings. The molecule has 5 aromatic carbocycles. The maximum Gasteiger partial charge on any atom is 0.164 e. The number of hydrogen-bond acceptors (Lipinski definition) is 3. The highest BCUT2D eigenvalue weighted by atomic mass is 15.0. The summed E-state index contributed by atoms with van der Waals surface area (Å²) < 4.78 is 2.32. The normalized spacial score (nSPS) is 14.0. The molecule has 196 valence electrons. The molecule has 4 heteroatoms. The van der Waals surface area contributed by atoms with E-state index in [4.69, 9.17) is 15.0 Å². The summed E-state index contributed by atoms with van der Waals surface area (Å²) in [5.41, 5.74) is 11.0. The first-order valence-electron chi connectivity index (χ1n) is 14.2. The molecular weight excluding hydrogens is 500 g/mol. The van der Waals surface area contributed by atoms with Crippen molar-refractivity contribution in [2.45, 2.75) is 19.3 Å². The number of hydrogen-bond donors (Lipinski definition) is 0. The number of rotatable bonds is 4. The van der Waals surface area contributed by atoms with Crippen molar-refractivity contribution in [1.82, 2.24) is 19.5 Å². The van der Waals surface area contributed by atoms with Crippen molar-refractivity contribution in [3.63, 3.8) is 0 Å². The minimum Gasteiger partial charge on any atom is -0.344 e. The molecule has 2 heterocycles. The summed E-state index contributed by atoms with van der Waals surface area (Å²) in [6, 6.07) is 40.6. The summed E-state index contributed by atoms with van der Waals surface area (Å²) in [7, 11) is 2.17. The fourth-order valence-corrected chi connectivity index (χ4v) is 6.52. The van der Waals surface area contributed by atoms with Crippen LogP contribution in [0.1, 0.15) is 30.4 Å². The summed E-state index contributed by atoms with van der Waals surface area (Å²) in [5.74, 6) is 2.46. The maximum absolute atomic E-state index is 4.97. The molecule has 41 heavy (non-hydrogen) atoms. The molecular formula is C37H28N4. The first-order chi connectivity index (χ1) is 20.2. The van der Waals surface area contributed by atoms with Crippen LogP contribution in [0.25, 0.3) is 67.1 Å². The fraction of sp³-hybridized carbons (Fsp3) is 0.108. The van der Waals surface area contributed by atoms with Crippen LogP contribution < -0.4 is 0 Å². The number of aryl methyl sites for hydroxylation is 1. The van der Waals surface area contributed by atoms with E-state index < -0.39 is 0 Å². The van der Waals surface area contributed by atoms with Crippen LogP contribution in [0.2, 0.25) is 0 Å². The predicted molar refractivity (Wildman–Crippen MR) is 168 cm³/mol. The zero-order chi connectivity index (χ0) is 27.5. The Bertz CT molecular complexity index is 2030. The minimum atomic E-state index is 0.442. The van der Waals surface area contributed by atoms with Crippen LogP contribution in [0.15, 0.2) is 115 Å². The Hall–Kier alpha value is -5.09. The van der Waals surface area contributed by atoms with Gasteiger partial charge in [0, 0.05) is 51.5 Å². The van der Waals surface area contributed by atoms with Gasteiger partial charge in [-0.25, -0.2) is 15.0 Å². The third-order valence-electron chi connectivity index (χ3n) is 8.54. The van der Waals surface area contributed by atoms with E-state index in [1.54, 1.807) is 0 Å². The van der Waals surface area contributed by atoms with E-state index in [2.05, 4.69) is 73.1 Å². The lowest BCUT2D eigenvalue weighted by atomic mass is 9.94. The summed E-state index contributed by atoms with van der Waals surface area (Å²) in [4.78, 5) is 14.8. The van der Waals surface area contributed by atoms with E-state index >= 15 is 0 Å². The van der Waals surface area contributed by atoms with Crippen molar-refractivity contribution in [1.29, 1.82) is 0 Å². The standard InChI is InChI=1S/C37H28N4/c1-3-26-27-16-10-11-17-28(27)29-21-32-31-20-25(18-19-33(31)41(2)34(32)22-30(26)29)37-39-35(23-12-6-4-7-13-23)38-36(40-37)24-14-8-5-9-15-24/h4-22,26H,3H2,1-2H3. The van der Waals surface area contributed by atoms with Crippen molar-refractivity contribution < 1.29 is 0 Å². The van der Waals surface area contributed by atoms with Crippen molar-refractivity contribution in [2.75, 3.05) is 0 Å². The number of aromatic nitrogens is 4. The van der Waals surface area contributed by atoms with Gasteiger partial charge >= 0.3 is 0 Å². The molecule has 0 radical (unpaired) electrons. The number of benzene rings is 5. The highest BCUT2D eigenvalue weighted by Crippen LogP contribution is 2.48. The van der Waals surface area contributed by atoms with Crippen LogP contribution in [0, 0.1) is 0 Å². The molecule has 0 aliphatic heterocycles. The van der Waals surface area contributed by atoms with Crippen LogP contribution in [0.5, 0.6) is 0 Å². The van der Waals surface area contributed by atoms with Crippen LogP contribution in [-0.4, -0.2) is 19.5 Å². The molecule has 1 aliphatic carbocycles. The second-order valence-corrected chi connectivity index (χ2v) is 10.8.